The quantitative estimate of drug-likeness (QED) is 0.310. The van der Waals surface area contributed by atoms with Crippen LogP contribution in [0.3, 0.4) is 0 Å². The highest BCUT2D eigenvalue weighted by molar-refractivity contribution is 9.31. The van der Waals surface area contributed by atoms with E-state index in [4.69, 9.17) is 11.6 Å². The minimum atomic E-state index is -0.517. The lowest BCUT2D eigenvalue weighted by molar-refractivity contribution is 0.504. The van der Waals surface area contributed by atoms with Crippen molar-refractivity contribution >= 4 is 107 Å². The lowest BCUT2D eigenvalue weighted by Crippen LogP contribution is -2.56. The van der Waals surface area contributed by atoms with Gasteiger partial charge in [-0.3, -0.25) is 0 Å². The molecule has 0 nitrogen and oxygen atoms in total. The van der Waals surface area contributed by atoms with Crippen LogP contribution >= 0.6 is 107 Å². The van der Waals surface area contributed by atoms with E-state index < -0.39 is 7.02 Å². The normalized spacial score (nSPS) is 43.2. The molecule has 0 spiro atoms. The number of hydrogen-bond donors (Lipinski definition) is 0. The topological polar surface area (TPSA) is 0 Å². The van der Waals surface area contributed by atoms with Crippen LogP contribution in [0, 0.1) is 0 Å². The molecular weight excluding hydrogens is 587 g/mol. The zero-order valence-electron chi connectivity index (χ0n) is 6.14. The van der Waals surface area contributed by atoms with Gasteiger partial charge in [-0.05, 0) is 12.8 Å². The van der Waals surface area contributed by atoms with Crippen LogP contribution < -0.4 is 0 Å². The molecule has 7 heteroatoms. The maximum Gasteiger partial charge on any atom is 0.135 e. The van der Waals surface area contributed by atoms with Gasteiger partial charge in [-0.15, -0.1) is 11.6 Å². The van der Waals surface area contributed by atoms with Gasteiger partial charge in [-0.2, -0.15) is 0 Å². The largest absolute Gasteiger partial charge is 0.135 e. The Hall–Kier alpha value is 3.17. The van der Waals surface area contributed by atoms with Gasteiger partial charge in [-0.1, -0.05) is 95.6 Å². The fourth-order valence-electron chi connectivity index (χ4n) is 1.09. The first kappa shape index (κ1) is 14.2. The molecule has 78 valence electrons. The van der Waals surface area contributed by atoms with Crippen LogP contribution in [0.15, 0.2) is 0 Å². The lowest BCUT2D eigenvalue weighted by atomic mass is 9.99. The molecule has 0 bridgehead atoms. The van der Waals surface area contributed by atoms with Gasteiger partial charge in [0.15, 0.2) is 0 Å². The summed E-state index contributed by atoms with van der Waals surface area (Å²) in [6.45, 7) is 0. The van der Waals surface area contributed by atoms with Gasteiger partial charge in [0.1, 0.15) is 10.3 Å². The van der Waals surface area contributed by atoms with Crippen molar-refractivity contribution in [2.45, 2.75) is 27.9 Å². The minimum Gasteiger partial charge on any atom is -0.104 e. The van der Waals surface area contributed by atoms with Crippen molar-refractivity contribution in [2.24, 2.45) is 0 Å². The van der Waals surface area contributed by atoms with E-state index >= 15 is 0 Å². The molecule has 0 aliphatic heterocycles. The molecule has 1 saturated carbocycles. The molecule has 0 aromatic heterocycles. The van der Waals surface area contributed by atoms with E-state index in [-0.39, 0.29) is 3.23 Å². The summed E-state index contributed by atoms with van der Waals surface area (Å²) in [7, 11) is 0. The molecule has 1 aliphatic rings. The van der Waals surface area contributed by atoms with Crippen LogP contribution in [0.25, 0.3) is 0 Å². The fraction of sp³-hybridized carbons (Fsp3) is 1.00. The van der Waals surface area contributed by atoms with Crippen molar-refractivity contribution in [3.05, 3.63) is 0 Å². The molecule has 1 fully saturated rings. The summed E-state index contributed by atoms with van der Waals surface area (Å²) in [5, 5.41) is 0. The van der Waals surface area contributed by atoms with Crippen LogP contribution in [0.2, 0.25) is 0 Å². The third-order valence-corrected chi connectivity index (χ3v) is 14.4. The average molecular weight is 592 g/mol. The molecule has 0 radical (unpaired) electrons. The molecule has 0 aromatic carbocycles. The molecule has 0 saturated heterocycles. The number of halogens is 7. The summed E-state index contributed by atoms with van der Waals surface area (Å²) in [4.78, 5) is 0.295. The van der Waals surface area contributed by atoms with E-state index in [9.17, 15) is 0 Å². The Morgan fingerprint density at radius 3 is 1.92 bits per heavy atom. The smallest absolute Gasteiger partial charge is 0.104 e. The molecule has 1 aliphatic carbocycles. The Morgan fingerprint density at radius 2 is 1.54 bits per heavy atom. The second-order valence-corrected chi connectivity index (χ2v) is 13.5. The maximum absolute atomic E-state index is 6.36. The van der Waals surface area contributed by atoms with Crippen molar-refractivity contribution in [1.29, 1.82) is 0 Å². The predicted octanol–water partition coefficient (Wildman–Crippen LogP) is 5.85. The summed E-state index contributed by atoms with van der Waals surface area (Å²) < 4.78 is -1.32. The van der Waals surface area contributed by atoms with Gasteiger partial charge in [-0.25, -0.2) is 0 Å². The Labute approximate surface area is 133 Å². The summed E-state index contributed by atoms with van der Waals surface area (Å²) >= 11 is 27.9. The third-order valence-electron chi connectivity index (χ3n) is 1.98. The standard InChI is InChI=1S/C6H5Br6Cl/c7-3-1-2-4(8,13)6(11,12)5(3,9)10/h3H,1-2H2. The SMILES string of the molecule is ClC1(Br)CCC(Br)C(Br)(Br)C1(Br)Br. The van der Waals surface area contributed by atoms with Crippen molar-refractivity contribution < 1.29 is 0 Å². The van der Waals surface area contributed by atoms with E-state index in [2.05, 4.69) is 95.6 Å². The van der Waals surface area contributed by atoms with Gasteiger partial charge < -0.3 is 0 Å². The van der Waals surface area contributed by atoms with Crippen molar-refractivity contribution in [1.82, 2.24) is 0 Å². The highest BCUT2D eigenvalue weighted by atomic mass is 79.9. The Kier molecular flexibility index (Phi) is 4.87. The van der Waals surface area contributed by atoms with E-state index in [1.165, 1.54) is 0 Å². The van der Waals surface area contributed by atoms with E-state index in [1.807, 2.05) is 0 Å². The van der Waals surface area contributed by atoms with Gasteiger partial charge in [0, 0.05) is 4.83 Å². The summed E-state index contributed by atoms with van der Waals surface area (Å²) in [5.41, 5.74) is 0. The molecular formula is C6H5Br6Cl. The van der Waals surface area contributed by atoms with Crippen molar-refractivity contribution in [3.63, 3.8) is 0 Å². The monoisotopic (exact) mass is 586 g/mol. The Balaban J connectivity index is 3.07. The number of alkyl halides is 7. The predicted molar refractivity (Wildman–Crippen MR) is 80.6 cm³/mol. The van der Waals surface area contributed by atoms with Crippen LogP contribution in [-0.2, 0) is 0 Å². The Bertz CT molecular complexity index is 213. The van der Waals surface area contributed by atoms with Crippen LogP contribution in [0.1, 0.15) is 12.8 Å². The number of hydrogen-bond acceptors (Lipinski definition) is 0. The summed E-state index contributed by atoms with van der Waals surface area (Å²) in [6.07, 6.45) is 1.84. The zero-order chi connectivity index (χ0) is 10.5. The van der Waals surface area contributed by atoms with E-state index in [1.54, 1.807) is 0 Å². The van der Waals surface area contributed by atoms with E-state index in [0.717, 1.165) is 12.8 Å². The van der Waals surface area contributed by atoms with Crippen molar-refractivity contribution in [2.75, 3.05) is 0 Å². The lowest BCUT2D eigenvalue weighted by Gasteiger charge is -2.49. The first-order valence-corrected chi connectivity index (χ1v) is 8.66. The molecule has 2 atom stereocenters. The van der Waals surface area contributed by atoms with Gasteiger partial charge in [0.2, 0.25) is 0 Å². The van der Waals surface area contributed by atoms with Gasteiger partial charge in [0.25, 0.3) is 0 Å². The zero-order valence-corrected chi connectivity index (χ0v) is 16.4. The van der Waals surface area contributed by atoms with Crippen molar-refractivity contribution in [3.8, 4) is 0 Å². The number of rotatable bonds is 0. The first-order valence-electron chi connectivity index (χ1n) is 3.40. The molecule has 0 N–H and O–H groups in total. The molecule has 0 aromatic rings. The molecule has 2 unspecified atom stereocenters. The summed E-state index contributed by atoms with van der Waals surface area (Å²) in [6, 6.07) is 0. The molecule has 0 amide bonds. The fourth-order valence-corrected chi connectivity index (χ4v) is 5.92. The Morgan fingerprint density at radius 1 is 1.08 bits per heavy atom. The second-order valence-electron chi connectivity index (χ2n) is 2.91. The molecule has 0 heterocycles. The highest BCUT2D eigenvalue weighted by Gasteiger charge is 2.63. The average Bonchev–Trinajstić information content (AvgIpc) is 1.97. The highest BCUT2D eigenvalue weighted by Crippen LogP contribution is 2.66. The minimum absolute atomic E-state index is 0.295. The second kappa shape index (κ2) is 4.45. The van der Waals surface area contributed by atoms with Crippen LogP contribution in [0.5, 0.6) is 0 Å². The van der Waals surface area contributed by atoms with E-state index in [0.29, 0.717) is 4.83 Å². The first-order chi connectivity index (χ1) is 5.63. The van der Waals surface area contributed by atoms with Gasteiger partial charge >= 0.3 is 0 Å². The van der Waals surface area contributed by atoms with Gasteiger partial charge in [0.05, 0.1) is 0 Å². The molecule has 1 rings (SSSR count). The maximum atomic E-state index is 6.36. The molecule has 13 heavy (non-hydrogen) atoms. The van der Waals surface area contributed by atoms with Crippen LogP contribution in [0.4, 0.5) is 0 Å². The third kappa shape index (κ3) is 2.39. The summed E-state index contributed by atoms with van der Waals surface area (Å²) in [5.74, 6) is 0. The van der Waals surface area contributed by atoms with Crippen LogP contribution in [-0.4, -0.2) is 15.1 Å².